The molecule has 3 atom stereocenters. The van der Waals surface area contributed by atoms with Crippen LogP contribution in [-0.2, 0) is 0 Å². The molecule has 0 spiro atoms. The fraction of sp³-hybridized carbons (Fsp3) is 1.00. The Balaban J connectivity index is 2.62. The van der Waals surface area contributed by atoms with Gasteiger partial charge >= 0.3 is 0 Å². The van der Waals surface area contributed by atoms with Crippen molar-refractivity contribution in [2.24, 2.45) is 0 Å². The molecule has 0 aromatic carbocycles. The van der Waals surface area contributed by atoms with Gasteiger partial charge in [0.15, 0.2) is 0 Å². The van der Waals surface area contributed by atoms with Gasteiger partial charge in [-0.3, -0.25) is 0 Å². The number of hydrogen-bond acceptors (Lipinski definition) is 0. The van der Waals surface area contributed by atoms with Crippen LogP contribution in [0.5, 0.6) is 0 Å². The van der Waals surface area contributed by atoms with Crippen LogP contribution in [0, 0.1) is 0 Å². The molecule has 0 bridgehead atoms. The minimum atomic E-state index is -0.223. The lowest BCUT2D eigenvalue weighted by molar-refractivity contribution is 0.640. The average Bonchev–Trinajstić information content (AvgIpc) is 1.97. The molecule has 0 saturated heterocycles. The van der Waals surface area contributed by atoms with E-state index in [-0.39, 0.29) is 16.9 Å². The summed E-state index contributed by atoms with van der Waals surface area (Å²) in [5.41, 5.74) is 0. The summed E-state index contributed by atoms with van der Waals surface area (Å²) in [7, 11) is 17.2. The van der Waals surface area contributed by atoms with Crippen LogP contribution in [0.2, 0.25) is 16.9 Å². The van der Waals surface area contributed by atoms with Crippen molar-refractivity contribution < 1.29 is 0 Å². The Labute approximate surface area is 61.0 Å². The number of rotatable bonds is 0. The molecule has 6 radical (unpaired) electrons. The third-order valence-corrected chi connectivity index (χ3v) is 2.24. The zero-order valence-electron chi connectivity index (χ0n) is 5.80. The lowest BCUT2D eigenvalue weighted by atomic mass is 9.53. The molecule has 0 N–H and O–H groups in total. The van der Waals surface area contributed by atoms with E-state index in [0.29, 0.717) is 0 Å². The van der Waals surface area contributed by atoms with Crippen molar-refractivity contribution in [3.05, 3.63) is 0 Å². The van der Waals surface area contributed by atoms with Crippen LogP contribution in [0.4, 0.5) is 0 Å². The maximum atomic E-state index is 5.81. The van der Waals surface area contributed by atoms with Crippen LogP contribution in [-0.4, -0.2) is 23.5 Å². The maximum absolute atomic E-state index is 5.81. The van der Waals surface area contributed by atoms with E-state index in [2.05, 4.69) is 0 Å². The second-order valence-electron chi connectivity index (χ2n) is 3.23. The Morgan fingerprint density at radius 3 is 2.11 bits per heavy atom. The topological polar surface area (TPSA) is 0 Å². The predicted molar refractivity (Wildman–Crippen MR) is 42.4 cm³/mol. The van der Waals surface area contributed by atoms with Crippen LogP contribution in [0.1, 0.15) is 19.8 Å². The highest BCUT2D eigenvalue weighted by Crippen LogP contribution is 2.54. The molecule has 9 heavy (non-hydrogen) atoms. The Morgan fingerprint density at radius 2 is 2.00 bits per heavy atom. The van der Waals surface area contributed by atoms with E-state index in [1.54, 1.807) is 0 Å². The molecular weight excluding hydrogens is 105 g/mol. The molecular formula is C6H9B3. The van der Waals surface area contributed by atoms with Gasteiger partial charge in [-0.1, -0.05) is 36.7 Å². The zero-order chi connectivity index (χ0) is 7.07. The molecule has 0 nitrogen and oxygen atoms in total. The second kappa shape index (κ2) is 2.11. The predicted octanol–water partition coefficient (Wildman–Crippen LogP) is 1.04. The molecule has 0 aliphatic heterocycles. The van der Waals surface area contributed by atoms with Crippen molar-refractivity contribution >= 4 is 23.5 Å². The molecule has 42 valence electrons. The maximum Gasteiger partial charge on any atom is 0.0735 e. The third kappa shape index (κ3) is 1.20. The molecule has 1 aliphatic rings. The quantitative estimate of drug-likeness (QED) is 0.412. The van der Waals surface area contributed by atoms with Crippen molar-refractivity contribution in [1.29, 1.82) is 0 Å². The minimum Gasteiger partial charge on any atom is -0.0847 e. The molecule has 1 saturated carbocycles. The lowest BCUT2D eigenvalue weighted by Gasteiger charge is -2.26. The Kier molecular flexibility index (Phi) is 1.71. The average molecular weight is 114 g/mol. The summed E-state index contributed by atoms with van der Waals surface area (Å²) in [6, 6.07) is 0. The largest absolute Gasteiger partial charge is 0.0847 e. The van der Waals surface area contributed by atoms with Crippen molar-refractivity contribution in [3.63, 3.8) is 0 Å². The molecule has 3 heteroatoms. The van der Waals surface area contributed by atoms with Gasteiger partial charge < -0.3 is 0 Å². The summed E-state index contributed by atoms with van der Waals surface area (Å²) in [6.45, 7) is 1.96. The van der Waals surface area contributed by atoms with Crippen molar-refractivity contribution in [2.45, 2.75) is 36.7 Å². The van der Waals surface area contributed by atoms with Gasteiger partial charge in [-0.05, 0) is 0 Å². The van der Waals surface area contributed by atoms with Crippen LogP contribution in [0.3, 0.4) is 0 Å². The minimum absolute atomic E-state index is 0.0162. The highest BCUT2D eigenvalue weighted by molar-refractivity contribution is 6.29. The third-order valence-electron chi connectivity index (χ3n) is 2.24. The molecule has 1 rings (SSSR count). The fourth-order valence-corrected chi connectivity index (χ4v) is 1.31. The van der Waals surface area contributed by atoms with E-state index in [0.717, 1.165) is 12.8 Å². The van der Waals surface area contributed by atoms with E-state index >= 15 is 0 Å². The monoisotopic (exact) mass is 114 g/mol. The SMILES string of the molecule is [B]C1CCC([B])(C)C1[B]. The fourth-order valence-electron chi connectivity index (χ4n) is 1.31. The van der Waals surface area contributed by atoms with Crippen LogP contribution >= 0.6 is 0 Å². The zero-order valence-corrected chi connectivity index (χ0v) is 5.80. The highest BCUT2D eigenvalue weighted by Gasteiger charge is 2.34. The first-order chi connectivity index (χ1) is 4.04. The van der Waals surface area contributed by atoms with E-state index in [1.807, 2.05) is 6.92 Å². The van der Waals surface area contributed by atoms with Gasteiger partial charge in [0.1, 0.15) is 0 Å². The van der Waals surface area contributed by atoms with Crippen molar-refractivity contribution in [1.82, 2.24) is 0 Å². The molecule has 1 fully saturated rings. The summed E-state index contributed by atoms with van der Waals surface area (Å²) in [5, 5.41) is -0.223. The molecule has 3 unspecified atom stereocenters. The molecule has 0 heterocycles. The van der Waals surface area contributed by atoms with Gasteiger partial charge in [0.25, 0.3) is 0 Å². The number of hydrogen-bond donors (Lipinski definition) is 0. The molecule has 0 aromatic rings. The van der Waals surface area contributed by atoms with E-state index in [9.17, 15) is 0 Å². The Bertz CT molecular complexity index is 111. The smallest absolute Gasteiger partial charge is 0.0735 e. The summed E-state index contributed by atoms with van der Waals surface area (Å²) < 4.78 is 0. The van der Waals surface area contributed by atoms with Gasteiger partial charge in [0.2, 0.25) is 0 Å². The van der Waals surface area contributed by atoms with Crippen LogP contribution < -0.4 is 0 Å². The first-order valence-corrected chi connectivity index (χ1v) is 3.34. The van der Waals surface area contributed by atoms with Crippen LogP contribution in [0.25, 0.3) is 0 Å². The summed E-state index contributed by atoms with van der Waals surface area (Å²) in [5.74, 6) is 0.0949. The second-order valence-corrected chi connectivity index (χ2v) is 3.23. The highest BCUT2D eigenvalue weighted by atomic mass is 14.3. The van der Waals surface area contributed by atoms with Crippen molar-refractivity contribution in [3.8, 4) is 0 Å². The van der Waals surface area contributed by atoms with Crippen molar-refractivity contribution in [2.75, 3.05) is 0 Å². The van der Waals surface area contributed by atoms with Gasteiger partial charge in [0.05, 0.1) is 23.5 Å². The summed E-state index contributed by atoms with van der Waals surface area (Å²) in [6.07, 6.45) is 1.92. The van der Waals surface area contributed by atoms with E-state index in [4.69, 9.17) is 23.5 Å². The molecule has 0 amide bonds. The first kappa shape index (κ1) is 7.30. The van der Waals surface area contributed by atoms with E-state index in [1.165, 1.54) is 0 Å². The normalized spacial score (nSPS) is 51.7. The van der Waals surface area contributed by atoms with Crippen LogP contribution in [0.15, 0.2) is 0 Å². The first-order valence-electron chi connectivity index (χ1n) is 3.34. The molecule has 0 aromatic heterocycles. The molecule has 1 aliphatic carbocycles. The van der Waals surface area contributed by atoms with Gasteiger partial charge in [-0.15, -0.1) is 0 Å². The standard InChI is InChI=1S/C6H9B3/c1-6(9)3-2-4(7)5(6)8/h4-5H,2-3H2,1H3. The lowest BCUT2D eigenvalue weighted by Crippen LogP contribution is -2.11. The summed E-state index contributed by atoms with van der Waals surface area (Å²) >= 11 is 0. The van der Waals surface area contributed by atoms with Gasteiger partial charge in [-0.2, -0.15) is 0 Å². The Morgan fingerprint density at radius 1 is 1.44 bits per heavy atom. The van der Waals surface area contributed by atoms with Gasteiger partial charge in [0, 0.05) is 0 Å². The summed E-state index contributed by atoms with van der Waals surface area (Å²) in [4.78, 5) is 0. The Hall–Kier alpha value is 0.195. The van der Waals surface area contributed by atoms with E-state index < -0.39 is 0 Å². The van der Waals surface area contributed by atoms with Gasteiger partial charge in [-0.25, -0.2) is 0 Å².